The average Bonchev–Trinajstić information content (AvgIpc) is 2.60. The van der Waals surface area contributed by atoms with Gasteiger partial charge in [0.05, 0.1) is 0 Å². The maximum absolute atomic E-state index is 3.22. The topological polar surface area (TPSA) is 3.24 Å². The number of nitrogens with zero attached hydrogens (tertiary/aromatic N) is 1. The first-order valence-electron chi connectivity index (χ1n) is 8.83. The van der Waals surface area contributed by atoms with Crippen LogP contribution in [0.15, 0.2) is 72.8 Å². The first-order valence-corrected chi connectivity index (χ1v) is 14.4. The van der Waals surface area contributed by atoms with Crippen molar-refractivity contribution in [1.29, 1.82) is 0 Å². The van der Waals surface area contributed by atoms with Crippen molar-refractivity contribution in [2.75, 3.05) is 14.1 Å². The summed E-state index contributed by atoms with van der Waals surface area (Å²) in [6.45, 7) is 6.48. The molecular formula is C23H27NSn. The molecule has 0 spiro atoms. The van der Waals surface area contributed by atoms with Crippen LogP contribution in [0.1, 0.15) is 16.7 Å². The molecule has 3 rings (SSSR count). The fraction of sp³-hybridized carbons (Fsp3) is 0.217. The zero-order chi connectivity index (χ0) is 18.0. The van der Waals surface area contributed by atoms with Crippen LogP contribution >= 0.6 is 0 Å². The molecular weight excluding hydrogens is 409 g/mol. The summed E-state index contributed by atoms with van der Waals surface area (Å²) >= 11 is -3.22. The van der Waals surface area contributed by atoms with E-state index in [4.69, 9.17) is 0 Å². The van der Waals surface area contributed by atoms with Gasteiger partial charge in [-0.25, -0.2) is 0 Å². The number of benzene rings is 3. The van der Waals surface area contributed by atoms with E-state index in [0.29, 0.717) is 0 Å². The first kappa shape index (κ1) is 18.2. The Morgan fingerprint density at radius 1 is 0.480 bits per heavy atom. The van der Waals surface area contributed by atoms with E-state index in [9.17, 15) is 0 Å². The Bertz CT molecular complexity index is 720. The summed E-state index contributed by atoms with van der Waals surface area (Å²) in [5.74, 6) is 0. The monoisotopic (exact) mass is 437 g/mol. The summed E-state index contributed by atoms with van der Waals surface area (Å²) in [5.41, 5.74) is 3.95. The van der Waals surface area contributed by atoms with Gasteiger partial charge in [-0.1, -0.05) is 0 Å². The van der Waals surface area contributed by atoms with Crippen molar-refractivity contribution in [3.63, 3.8) is 0 Å². The van der Waals surface area contributed by atoms with Gasteiger partial charge in [-0.2, -0.15) is 0 Å². The van der Waals surface area contributed by atoms with Crippen molar-refractivity contribution >= 4 is 29.4 Å². The molecule has 3 aromatic carbocycles. The zero-order valence-corrected chi connectivity index (χ0v) is 18.7. The van der Waals surface area contributed by atoms with Gasteiger partial charge in [-0.3, -0.25) is 0 Å². The molecule has 3 aromatic rings. The molecule has 0 atom stereocenters. The summed E-state index contributed by atoms with van der Waals surface area (Å²) in [5, 5.41) is 0. The molecule has 1 nitrogen and oxygen atoms in total. The number of aryl methyl sites for hydroxylation is 3. The quantitative estimate of drug-likeness (QED) is 0.569. The van der Waals surface area contributed by atoms with Gasteiger partial charge < -0.3 is 0 Å². The van der Waals surface area contributed by atoms with Crippen molar-refractivity contribution in [3.8, 4) is 0 Å². The van der Waals surface area contributed by atoms with Crippen LogP contribution in [0, 0.1) is 20.8 Å². The van der Waals surface area contributed by atoms with E-state index in [1.807, 2.05) is 0 Å². The van der Waals surface area contributed by atoms with E-state index >= 15 is 0 Å². The molecule has 0 saturated carbocycles. The summed E-state index contributed by atoms with van der Waals surface area (Å²) in [7, 11) is 4.52. The van der Waals surface area contributed by atoms with Gasteiger partial charge in [-0.05, 0) is 0 Å². The minimum absolute atomic E-state index is 1.32. The van der Waals surface area contributed by atoms with Crippen molar-refractivity contribution in [3.05, 3.63) is 89.5 Å². The normalized spacial score (nSPS) is 11.8. The van der Waals surface area contributed by atoms with Crippen LogP contribution in [0.2, 0.25) is 0 Å². The second-order valence-electron chi connectivity index (χ2n) is 7.20. The van der Waals surface area contributed by atoms with Crippen molar-refractivity contribution in [1.82, 2.24) is 3.12 Å². The van der Waals surface area contributed by atoms with E-state index in [1.165, 1.54) is 27.4 Å². The summed E-state index contributed by atoms with van der Waals surface area (Å²) in [6.07, 6.45) is 0. The third kappa shape index (κ3) is 3.40. The number of hydrogen-bond donors (Lipinski definition) is 0. The van der Waals surface area contributed by atoms with Crippen LogP contribution in [-0.2, 0) is 0 Å². The van der Waals surface area contributed by atoms with Gasteiger partial charge in [0.2, 0.25) is 0 Å². The van der Waals surface area contributed by atoms with Crippen LogP contribution in [0.5, 0.6) is 0 Å². The Balaban J connectivity index is 2.33. The number of hydrogen-bond acceptors (Lipinski definition) is 1. The fourth-order valence-electron chi connectivity index (χ4n) is 3.66. The van der Waals surface area contributed by atoms with Gasteiger partial charge in [0.1, 0.15) is 0 Å². The molecule has 0 unspecified atom stereocenters. The van der Waals surface area contributed by atoms with Crippen LogP contribution in [-0.4, -0.2) is 35.9 Å². The van der Waals surface area contributed by atoms with Crippen LogP contribution in [0.4, 0.5) is 0 Å². The van der Waals surface area contributed by atoms with E-state index in [1.54, 1.807) is 0 Å². The molecule has 0 radical (unpaired) electrons. The molecule has 0 aliphatic heterocycles. The molecule has 25 heavy (non-hydrogen) atoms. The summed E-state index contributed by atoms with van der Waals surface area (Å²) in [4.78, 5) is 0. The molecule has 0 N–H and O–H groups in total. The molecule has 0 amide bonds. The van der Waals surface area contributed by atoms with E-state index in [-0.39, 0.29) is 0 Å². The van der Waals surface area contributed by atoms with Gasteiger partial charge in [-0.15, -0.1) is 0 Å². The Labute approximate surface area is 156 Å². The van der Waals surface area contributed by atoms with Gasteiger partial charge in [0.25, 0.3) is 0 Å². The molecule has 128 valence electrons. The average molecular weight is 436 g/mol. The molecule has 0 fully saturated rings. The standard InChI is InChI=1S/3C7H7.C2H6N.Sn/c3*1-7-5-3-2-4-6-7;1-3-2;/h3*3-6H,1H3;1-2H3;/q;;;-1;+1. The first-order chi connectivity index (χ1) is 11.9. The van der Waals surface area contributed by atoms with Crippen molar-refractivity contribution in [2.45, 2.75) is 20.8 Å². The third-order valence-corrected chi connectivity index (χ3v) is 18.9. The predicted molar refractivity (Wildman–Crippen MR) is 112 cm³/mol. The van der Waals surface area contributed by atoms with Crippen LogP contribution in [0.25, 0.3) is 0 Å². The Kier molecular flexibility index (Phi) is 5.35. The third-order valence-electron chi connectivity index (χ3n) is 5.08. The van der Waals surface area contributed by atoms with Gasteiger partial charge in [0, 0.05) is 0 Å². The Morgan fingerprint density at radius 2 is 0.720 bits per heavy atom. The SMILES string of the molecule is Cc1cc[c]([Sn]([c]2ccc(C)cc2)([c]2ccc(C)cc2)[N](C)C)cc1. The minimum atomic E-state index is -3.22. The molecule has 0 aliphatic rings. The van der Waals surface area contributed by atoms with Crippen LogP contribution in [0.3, 0.4) is 0 Å². The molecule has 0 bridgehead atoms. The predicted octanol–water partition coefficient (Wildman–Crippen LogP) is 3.14. The molecule has 0 heterocycles. The Morgan fingerprint density at radius 3 is 0.920 bits per heavy atom. The summed E-state index contributed by atoms with van der Waals surface area (Å²) < 4.78 is 7.03. The second kappa shape index (κ2) is 7.35. The molecule has 0 aliphatic carbocycles. The Hall–Kier alpha value is -1.58. The maximum atomic E-state index is 2.54. The molecule has 0 saturated heterocycles. The molecule has 0 aromatic heterocycles. The number of rotatable bonds is 4. The summed E-state index contributed by atoms with van der Waals surface area (Å²) in [6, 6.07) is 27.7. The zero-order valence-electron chi connectivity index (χ0n) is 15.9. The van der Waals surface area contributed by atoms with Crippen LogP contribution < -0.4 is 10.7 Å². The van der Waals surface area contributed by atoms with E-state index in [2.05, 4.69) is 111 Å². The van der Waals surface area contributed by atoms with Crippen molar-refractivity contribution < 1.29 is 0 Å². The van der Waals surface area contributed by atoms with Gasteiger partial charge in [0.15, 0.2) is 0 Å². The van der Waals surface area contributed by atoms with E-state index in [0.717, 1.165) is 0 Å². The second-order valence-corrected chi connectivity index (χ2v) is 18.8. The molecule has 2 heteroatoms. The van der Waals surface area contributed by atoms with E-state index < -0.39 is 18.7 Å². The fourth-order valence-corrected chi connectivity index (χ4v) is 16.5. The van der Waals surface area contributed by atoms with Crippen molar-refractivity contribution in [2.24, 2.45) is 0 Å². The van der Waals surface area contributed by atoms with Gasteiger partial charge >= 0.3 is 157 Å².